The van der Waals surface area contributed by atoms with Gasteiger partial charge in [0, 0.05) is 37.4 Å². The quantitative estimate of drug-likeness (QED) is 0.916. The van der Waals surface area contributed by atoms with E-state index in [1.54, 1.807) is 0 Å². The number of anilines is 1. The van der Waals surface area contributed by atoms with Crippen molar-refractivity contribution in [2.45, 2.75) is 46.2 Å². The topological polar surface area (TPSA) is 32.5 Å². The van der Waals surface area contributed by atoms with E-state index in [0.29, 0.717) is 6.04 Å². The monoisotopic (exact) mass is 275 g/mol. The summed E-state index contributed by atoms with van der Waals surface area (Å²) >= 11 is 0. The smallest absolute Gasteiger partial charge is 0.0370 e. The lowest BCUT2D eigenvalue weighted by atomic mass is 10.0. The van der Waals surface area contributed by atoms with Crippen LogP contribution in [0.5, 0.6) is 0 Å². The predicted molar refractivity (Wildman–Crippen MR) is 87.5 cm³/mol. The van der Waals surface area contributed by atoms with Crippen molar-refractivity contribution in [3.63, 3.8) is 0 Å². The second-order valence-corrected chi connectivity index (χ2v) is 6.22. The van der Waals surface area contributed by atoms with E-state index < -0.39 is 0 Å². The summed E-state index contributed by atoms with van der Waals surface area (Å²) in [6, 6.07) is 7.71. The lowest BCUT2D eigenvalue weighted by Gasteiger charge is -2.40. The fourth-order valence-corrected chi connectivity index (χ4v) is 3.15. The predicted octanol–water partition coefficient (Wildman–Crippen LogP) is 2.42. The zero-order valence-electron chi connectivity index (χ0n) is 13.4. The lowest BCUT2D eigenvalue weighted by molar-refractivity contribution is 0.199. The molecule has 0 saturated carbocycles. The Bertz CT molecular complexity index is 442. The highest BCUT2D eigenvalue weighted by atomic mass is 15.3. The highest BCUT2D eigenvalue weighted by Gasteiger charge is 2.22. The lowest BCUT2D eigenvalue weighted by Crippen LogP contribution is -2.51. The van der Waals surface area contributed by atoms with Gasteiger partial charge in [0.05, 0.1) is 0 Å². The molecule has 2 N–H and O–H groups in total. The molecule has 1 aromatic rings. The summed E-state index contributed by atoms with van der Waals surface area (Å²) in [6.45, 7) is 13.4. The van der Waals surface area contributed by atoms with Crippen LogP contribution in [0.3, 0.4) is 0 Å². The Morgan fingerprint density at radius 2 is 2.10 bits per heavy atom. The minimum Gasteiger partial charge on any atom is -0.369 e. The van der Waals surface area contributed by atoms with Crippen molar-refractivity contribution >= 4 is 5.69 Å². The van der Waals surface area contributed by atoms with Crippen molar-refractivity contribution in [3.8, 4) is 0 Å². The Kier molecular flexibility index (Phi) is 5.06. The van der Waals surface area contributed by atoms with E-state index >= 15 is 0 Å². The van der Waals surface area contributed by atoms with Gasteiger partial charge in [0.2, 0.25) is 0 Å². The third kappa shape index (κ3) is 3.53. The zero-order chi connectivity index (χ0) is 14.7. The number of piperazine rings is 1. The summed E-state index contributed by atoms with van der Waals surface area (Å²) in [7, 11) is 0. The van der Waals surface area contributed by atoms with E-state index in [1.165, 1.54) is 16.8 Å². The van der Waals surface area contributed by atoms with Crippen molar-refractivity contribution in [3.05, 3.63) is 29.3 Å². The first-order valence-corrected chi connectivity index (χ1v) is 7.85. The van der Waals surface area contributed by atoms with Gasteiger partial charge in [0.25, 0.3) is 0 Å². The Hall–Kier alpha value is -1.06. The molecule has 2 atom stereocenters. The molecule has 1 aliphatic rings. The number of nitrogens with two attached hydrogens (primary N) is 1. The third-order valence-electron chi connectivity index (χ3n) is 4.40. The molecule has 0 aromatic heterocycles. The fraction of sp³-hybridized carbons (Fsp3) is 0.647. The molecule has 112 valence electrons. The number of hydrogen-bond acceptors (Lipinski definition) is 3. The molecular weight excluding hydrogens is 246 g/mol. The average Bonchev–Trinajstić information content (AvgIpc) is 2.40. The molecule has 0 spiro atoms. The van der Waals surface area contributed by atoms with Crippen LogP contribution < -0.4 is 10.6 Å². The van der Waals surface area contributed by atoms with Gasteiger partial charge >= 0.3 is 0 Å². The van der Waals surface area contributed by atoms with Crippen LogP contribution in [-0.2, 0) is 6.42 Å². The van der Waals surface area contributed by atoms with E-state index in [4.69, 9.17) is 5.73 Å². The normalized spacial score (nSPS) is 22.1. The molecule has 3 heteroatoms. The summed E-state index contributed by atoms with van der Waals surface area (Å²) in [5, 5.41) is 0. The van der Waals surface area contributed by atoms with E-state index in [-0.39, 0.29) is 6.04 Å². The number of hydrogen-bond donors (Lipinski definition) is 1. The first-order chi connectivity index (χ1) is 9.51. The van der Waals surface area contributed by atoms with Gasteiger partial charge in [-0.3, -0.25) is 4.90 Å². The second kappa shape index (κ2) is 6.59. The number of aryl methyl sites for hydroxylation is 1. The van der Waals surface area contributed by atoms with Crippen LogP contribution in [0.4, 0.5) is 5.69 Å². The van der Waals surface area contributed by atoms with E-state index in [9.17, 15) is 0 Å². The molecule has 1 saturated heterocycles. The number of rotatable bonds is 4. The molecular formula is C17H29N3. The van der Waals surface area contributed by atoms with E-state index in [0.717, 1.165) is 32.6 Å². The maximum Gasteiger partial charge on any atom is 0.0370 e. The van der Waals surface area contributed by atoms with E-state index in [1.807, 2.05) is 0 Å². The van der Waals surface area contributed by atoms with Crippen molar-refractivity contribution in [1.82, 2.24) is 4.90 Å². The SMILES string of the molecule is CCN1CCN(c2ccc(CC(C)N)c(C)c2)CC1C. The molecule has 2 unspecified atom stereocenters. The van der Waals surface area contributed by atoms with Gasteiger partial charge in [0.1, 0.15) is 0 Å². The highest BCUT2D eigenvalue weighted by Crippen LogP contribution is 2.23. The van der Waals surface area contributed by atoms with Gasteiger partial charge in [-0.1, -0.05) is 13.0 Å². The van der Waals surface area contributed by atoms with Gasteiger partial charge in [-0.15, -0.1) is 0 Å². The largest absolute Gasteiger partial charge is 0.369 e. The summed E-state index contributed by atoms with van der Waals surface area (Å²) in [6.07, 6.45) is 0.964. The van der Waals surface area contributed by atoms with Crippen molar-refractivity contribution in [1.29, 1.82) is 0 Å². The molecule has 0 bridgehead atoms. The zero-order valence-corrected chi connectivity index (χ0v) is 13.4. The van der Waals surface area contributed by atoms with Gasteiger partial charge < -0.3 is 10.6 Å². The summed E-state index contributed by atoms with van der Waals surface area (Å²) in [5.74, 6) is 0. The number of nitrogens with zero attached hydrogens (tertiary/aromatic N) is 2. The first kappa shape index (κ1) is 15.3. The van der Waals surface area contributed by atoms with Crippen LogP contribution in [0.15, 0.2) is 18.2 Å². The highest BCUT2D eigenvalue weighted by molar-refractivity contribution is 5.51. The molecule has 0 radical (unpaired) electrons. The van der Waals surface area contributed by atoms with Gasteiger partial charge in [-0.2, -0.15) is 0 Å². The minimum absolute atomic E-state index is 0.229. The summed E-state index contributed by atoms with van der Waals surface area (Å²) in [5.41, 5.74) is 10.0. The molecule has 1 fully saturated rings. The van der Waals surface area contributed by atoms with Crippen molar-refractivity contribution < 1.29 is 0 Å². The van der Waals surface area contributed by atoms with Crippen molar-refractivity contribution in [2.75, 3.05) is 31.1 Å². The van der Waals surface area contributed by atoms with E-state index in [2.05, 4.69) is 55.7 Å². The molecule has 1 heterocycles. The first-order valence-electron chi connectivity index (χ1n) is 7.85. The van der Waals surface area contributed by atoms with Crippen LogP contribution in [0.2, 0.25) is 0 Å². The Labute approximate surface area is 123 Å². The molecule has 1 aromatic carbocycles. The van der Waals surface area contributed by atoms with Gasteiger partial charge in [0.15, 0.2) is 0 Å². The maximum atomic E-state index is 5.91. The minimum atomic E-state index is 0.229. The van der Waals surface area contributed by atoms with Gasteiger partial charge in [-0.05, 0) is 57.0 Å². The standard InChI is InChI=1S/C17H29N3/c1-5-19-8-9-20(12-15(19)4)17-7-6-16(11-14(3)18)13(2)10-17/h6-7,10,14-15H,5,8-9,11-12,18H2,1-4H3. The average molecular weight is 275 g/mol. The Morgan fingerprint density at radius 3 is 2.65 bits per heavy atom. The maximum absolute atomic E-state index is 5.91. The molecule has 20 heavy (non-hydrogen) atoms. The van der Waals surface area contributed by atoms with Crippen LogP contribution in [-0.4, -0.2) is 43.2 Å². The second-order valence-electron chi connectivity index (χ2n) is 6.22. The Morgan fingerprint density at radius 1 is 1.35 bits per heavy atom. The molecule has 3 nitrogen and oxygen atoms in total. The third-order valence-corrected chi connectivity index (χ3v) is 4.40. The summed E-state index contributed by atoms with van der Waals surface area (Å²) in [4.78, 5) is 5.06. The molecule has 1 aliphatic heterocycles. The fourth-order valence-electron chi connectivity index (χ4n) is 3.15. The van der Waals surface area contributed by atoms with Crippen LogP contribution in [0.1, 0.15) is 31.9 Å². The molecule has 2 rings (SSSR count). The van der Waals surface area contributed by atoms with Crippen LogP contribution in [0.25, 0.3) is 0 Å². The van der Waals surface area contributed by atoms with Crippen molar-refractivity contribution in [2.24, 2.45) is 5.73 Å². The molecule has 0 amide bonds. The molecule has 0 aliphatic carbocycles. The van der Waals surface area contributed by atoms with Crippen LogP contribution in [0, 0.1) is 6.92 Å². The van der Waals surface area contributed by atoms with Crippen LogP contribution >= 0.6 is 0 Å². The van der Waals surface area contributed by atoms with Gasteiger partial charge in [-0.25, -0.2) is 0 Å². The summed E-state index contributed by atoms with van der Waals surface area (Å²) < 4.78 is 0. The Balaban J connectivity index is 2.08. The number of benzene rings is 1. The number of likely N-dealkylation sites (N-methyl/N-ethyl adjacent to an activating group) is 1.